The Morgan fingerprint density at radius 1 is 1.06 bits per heavy atom. The van der Waals surface area contributed by atoms with E-state index in [2.05, 4.69) is 0 Å². The normalized spacial score (nSPS) is 15.2. The number of hydrogen-bond donors (Lipinski definition) is 0. The molecule has 0 bridgehead atoms. The van der Waals surface area contributed by atoms with Crippen LogP contribution < -0.4 is 9.64 Å². The second-order valence-electron chi connectivity index (χ2n) is 7.70. The molecular formula is C26H19FN2O3S. The Balaban J connectivity index is 1.48. The Kier molecular flexibility index (Phi) is 5.48. The molecule has 7 heteroatoms. The standard InChI is InChI=1S/C26H19FN2O3S/c1-16-26(31)29(14-23(30)17-7-10-20(27)11-8-17)22-13-19(9-12-24(22)32-16)21-15-33-25(28-21)18-5-3-2-4-6-18/h2-13,15-16H,14H2,1H3. The minimum absolute atomic E-state index is 0.166. The van der Waals surface area contributed by atoms with Crippen LogP contribution >= 0.6 is 11.3 Å². The molecule has 4 aromatic rings. The van der Waals surface area contributed by atoms with Crippen molar-refractivity contribution in [1.82, 2.24) is 4.98 Å². The van der Waals surface area contributed by atoms with Crippen molar-refractivity contribution in [3.63, 3.8) is 0 Å². The van der Waals surface area contributed by atoms with Crippen molar-refractivity contribution < 1.29 is 18.7 Å². The van der Waals surface area contributed by atoms with E-state index in [0.717, 1.165) is 21.8 Å². The van der Waals surface area contributed by atoms with Gasteiger partial charge in [-0.1, -0.05) is 30.3 Å². The molecule has 2 heterocycles. The molecular weight excluding hydrogens is 439 g/mol. The zero-order chi connectivity index (χ0) is 22.9. The van der Waals surface area contributed by atoms with Crippen LogP contribution in [0.2, 0.25) is 0 Å². The number of thiazole rings is 1. The molecule has 5 nitrogen and oxygen atoms in total. The van der Waals surface area contributed by atoms with Crippen molar-refractivity contribution in [2.24, 2.45) is 0 Å². The van der Waals surface area contributed by atoms with Gasteiger partial charge in [0.2, 0.25) is 0 Å². The Labute approximate surface area is 194 Å². The molecule has 0 aliphatic carbocycles. The van der Waals surface area contributed by atoms with Gasteiger partial charge in [0, 0.05) is 22.1 Å². The predicted octanol–water partition coefficient (Wildman–Crippen LogP) is 5.61. The summed E-state index contributed by atoms with van der Waals surface area (Å²) < 4.78 is 19.0. The van der Waals surface area contributed by atoms with Crippen LogP contribution in [0.5, 0.6) is 5.75 Å². The number of carbonyl (C=O) groups excluding carboxylic acids is 2. The number of amides is 1. The summed E-state index contributed by atoms with van der Waals surface area (Å²) in [6.45, 7) is 1.49. The summed E-state index contributed by atoms with van der Waals surface area (Å²) in [5.41, 5.74) is 3.48. The smallest absolute Gasteiger partial charge is 0.268 e. The predicted molar refractivity (Wildman–Crippen MR) is 126 cm³/mol. The fraction of sp³-hybridized carbons (Fsp3) is 0.115. The number of halogens is 1. The van der Waals surface area contributed by atoms with E-state index in [1.54, 1.807) is 13.0 Å². The third-order valence-corrected chi connectivity index (χ3v) is 6.35. The Morgan fingerprint density at radius 3 is 2.58 bits per heavy atom. The molecule has 1 aromatic heterocycles. The molecule has 5 rings (SSSR count). The highest BCUT2D eigenvalue weighted by molar-refractivity contribution is 7.13. The molecule has 0 N–H and O–H groups in total. The van der Waals surface area contributed by atoms with Gasteiger partial charge in [0.15, 0.2) is 11.9 Å². The van der Waals surface area contributed by atoms with Gasteiger partial charge in [0.1, 0.15) is 16.6 Å². The summed E-state index contributed by atoms with van der Waals surface area (Å²) in [6, 6.07) is 20.7. The van der Waals surface area contributed by atoms with Crippen LogP contribution in [0.1, 0.15) is 17.3 Å². The van der Waals surface area contributed by atoms with E-state index in [-0.39, 0.29) is 18.2 Å². The molecule has 1 aliphatic rings. The monoisotopic (exact) mass is 458 g/mol. The fourth-order valence-electron chi connectivity index (χ4n) is 3.72. The van der Waals surface area contributed by atoms with Crippen molar-refractivity contribution in [3.05, 3.63) is 89.6 Å². The average molecular weight is 459 g/mol. The highest BCUT2D eigenvalue weighted by Gasteiger charge is 2.33. The lowest BCUT2D eigenvalue weighted by Crippen LogP contribution is -2.46. The molecule has 0 saturated heterocycles. The van der Waals surface area contributed by atoms with Crippen LogP contribution in [-0.4, -0.2) is 29.3 Å². The third-order valence-electron chi connectivity index (χ3n) is 5.46. The second-order valence-corrected chi connectivity index (χ2v) is 8.56. The third kappa shape index (κ3) is 4.15. The van der Waals surface area contributed by atoms with E-state index in [9.17, 15) is 14.0 Å². The maximum absolute atomic E-state index is 13.2. The van der Waals surface area contributed by atoms with Crippen molar-refractivity contribution >= 4 is 28.7 Å². The number of carbonyl (C=O) groups is 2. The second kappa shape index (κ2) is 8.60. The number of fused-ring (bicyclic) bond motifs is 1. The lowest BCUT2D eigenvalue weighted by atomic mass is 10.1. The minimum Gasteiger partial charge on any atom is -0.479 e. The summed E-state index contributed by atoms with van der Waals surface area (Å²) in [5.74, 6) is -0.487. The van der Waals surface area contributed by atoms with Crippen molar-refractivity contribution in [2.75, 3.05) is 11.4 Å². The number of Topliss-reactive ketones (excluding diaryl/α,β-unsaturated/α-hetero) is 1. The first-order valence-corrected chi connectivity index (χ1v) is 11.3. The number of nitrogens with zero attached hydrogens (tertiary/aromatic N) is 2. The maximum atomic E-state index is 13.2. The van der Waals surface area contributed by atoms with Gasteiger partial charge in [0.25, 0.3) is 5.91 Å². The van der Waals surface area contributed by atoms with Crippen LogP contribution in [-0.2, 0) is 4.79 Å². The lowest BCUT2D eigenvalue weighted by Gasteiger charge is -2.33. The van der Waals surface area contributed by atoms with E-state index in [1.165, 1.54) is 40.5 Å². The number of anilines is 1. The van der Waals surface area contributed by atoms with E-state index >= 15 is 0 Å². The highest BCUT2D eigenvalue weighted by Crippen LogP contribution is 2.38. The van der Waals surface area contributed by atoms with E-state index in [0.29, 0.717) is 17.0 Å². The molecule has 0 saturated carbocycles. The van der Waals surface area contributed by atoms with Crippen LogP contribution in [0.4, 0.5) is 10.1 Å². The summed E-state index contributed by atoms with van der Waals surface area (Å²) in [7, 11) is 0. The Hall–Kier alpha value is -3.84. The zero-order valence-electron chi connectivity index (χ0n) is 17.7. The van der Waals surface area contributed by atoms with Gasteiger partial charge < -0.3 is 4.74 Å². The number of rotatable bonds is 5. The van der Waals surface area contributed by atoms with Gasteiger partial charge in [-0.25, -0.2) is 9.37 Å². The van der Waals surface area contributed by atoms with Gasteiger partial charge in [0.05, 0.1) is 17.9 Å². The van der Waals surface area contributed by atoms with Crippen LogP contribution in [0.3, 0.4) is 0 Å². The molecule has 1 atom stereocenters. The topological polar surface area (TPSA) is 59.5 Å². The zero-order valence-corrected chi connectivity index (χ0v) is 18.5. The Morgan fingerprint density at radius 2 is 1.82 bits per heavy atom. The molecule has 1 amide bonds. The number of benzene rings is 3. The molecule has 1 unspecified atom stereocenters. The van der Waals surface area contributed by atoms with Gasteiger partial charge in [-0.2, -0.15) is 0 Å². The molecule has 0 spiro atoms. The van der Waals surface area contributed by atoms with Crippen LogP contribution in [0.15, 0.2) is 78.2 Å². The number of ketones is 1. The molecule has 0 fully saturated rings. The number of ether oxygens (including phenoxy) is 1. The van der Waals surface area contributed by atoms with Gasteiger partial charge >= 0.3 is 0 Å². The maximum Gasteiger partial charge on any atom is 0.268 e. The summed E-state index contributed by atoms with van der Waals surface area (Å²) in [4.78, 5) is 31.9. The molecule has 3 aromatic carbocycles. The highest BCUT2D eigenvalue weighted by atomic mass is 32.1. The first kappa shape index (κ1) is 21.0. The molecule has 164 valence electrons. The van der Waals surface area contributed by atoms with Crippen LogP contribution in [0, 0.1) is 5.82 Å². The average Bonchev–Trinajstić information content (AvgIpc) is 3.33. The van der Waals surface area contributed by atoms with E-state index in [4.69, 9.17) is 9.72 Å². The van der Waals surface area contributed by atoms with Gasteiger partial charge in [-0.3, -0.25) is 14.5 Å². The summed E-state index contributed by atoms with van der Waals surface area (Å²) in [6.07, 6.45) is -0.715. The summed E-state index contributed by atoms with van der Waals surface area (Å²) in [5, 5.41) is 2.86. The lowest BCUT2D eigenvalue weighted by molar-refractivity contribution is -0.125. The van der Waals surface area contributed by atoms with Crippen molar-refractivity contribution in [2.45, 2.75) is 13.0 Å². The van der Waals surface area contributed by atoms with Gasteiger partial charge in [-0.05, 0) is 49.4 Å². The van der Waals surface area contributed by atoms with E-state index < -0.39 is 11.9 Å². The Bertz CT molecular complexity index is 1340. The minimum atomic E-state index is -0.715. The molecule has 33 heavy (non-hydrogen) atoms. The van der Waals surface area contributed by atoms with Crippen molar-refractivity contribution in [1.29, 1.82) is 0 Å². The van der Waals surface area contributed by atoms with Crippen LogP contribution in [0.25, 0.3) is 21.8 Å². The molecule has 1 aliphatic heterocycles. The van der Waals surface area contributed by atoms with Gasteiger partial charge in [-0.15, -0.1) is 11.3 Å². The first-order chi connectivity index (χ1) is 16.0. The fourth-order valence-corrected chi connectivity index (χ4v) is 4.56. The SMILES string of the molecule is CC1Oc2ccc(-c3csc(-c4ccccc4)n3)cc2N(CC(=O)c2ccc(F)cc2)C1=O. The molecule has 0 radical (unpaired) electrons. The number of aromatic nitrogens is 1. The van der Waals surface area contributed by atoms with E-state index in [1.807, 2.05) is 47.8 Å². The first-order valence-electron chi connectivity index (χ1n) is 10.4. The largest absolute Gasteiger partial charge is 0.479 e. The summed E-state index contributed by atoms with van der Waals surface area (Å²) >= 11 is 1.54. The quantitative estimate of drug-likeness (QED) is 0.365. The van der Waals surface area contributed by atoms with Crippen molar-refractivity contribution in [3.8, 4) is 27.6 Å². The number of hydrogen-bond acceptors (Lipinski definition) is 5.